The summed E-state index contributed by atoms with van der Waals surface area (Å²) < 4.78 is 11.8. The molecule has 7 heteroatoms. The van der Waals surface area contributed by atoms with Crippen LogP contribution in [0.25, 0.3) is 0 Å². The molecule has 2 N–H and O–H groups in total. The summed E-state index contributed by atoms with van der Waals surface area (Å²) in [7, 11) is 1.83. The first-order valence-corrected chi connectivity index (χ1v) is 11.2. The smallest absolute Gasteiger partial charge is 0.191 e. The van der Waals surface area contributed by atoms with E-state index in [9.17, 15) is 0 Å². The maximum absolute atomic E-state index is 5.93. The van der Waals surface area contributed by atoms with Crippen molar-refractivity contribution in [1.82, 2.24) is 15.5 Å². The third-order valence-electron chi connectivity index (χ3n) is 5.85. The highest BCUT2D eigenvalue weighted by molar-refractivity contribution is 14.0. The molecule has 1 fully saturated rings. The normalized spacial score (nSPS) is 19.6. The number of benzene rings is 1. The Kier molecular flexibility index (Phi) is 10.5. The highest BCUT2D eigenvalue weighted by Gasteiger charge is 2.22. The molecule has 0 amide bonds. The summed E-state index contributed by atoms with van der Waals surface area (Å²) >= 11 is 0. The minimum Gasteiger partial charge on any atom is -0.494 e. The fraction of sp³-hybridized carbons (Fsp3) is 0.696. The van der Waals surface area contributed by atoms with Crippen molar-refractivity contribution in [2.24, 2.45) is 10.9 Å². The van der Waals surface area contributed by atoms with Crippen LogP contribution < -0.4 is 20.1 Å². The highest BCUT2D eigenvalue weighted by atomic mass is 127. The van der Waals surface area contributed by atoms with Gasteiger partial charge in [-0.05, 0) is 70.8 Å². The lowest BCUT2D eigenvalue weighted by Crippen LogP contribution is -2.42. The second-order valence-corrected chi connectivity index (χ2v) is 8.22. The first-order chi connectivity index (χ1) is 14.1. The van der Waals surface area contributed by atoms with Gasteiger partial charge in [0.1, 0.15) is 17.6 Å². The minimum atomic E-state index is 0. The molecule has 1 aromatic rings. The Morgan fingerprint density at radius 2 is 2.00 bits per heavy atom. The van der Waals surface area contributed by atoms with Crippen molar-refractivity contribution in [3.8, 4) is 11.5 Å². The SMILES string of the molecule is CCCN1CCC(CNC(=NC)NCc2cc3c(cc2OCC)CC(C)O3)CC1.I. The third-order valence-corrected chi connectivity index (χ3v) is 5.85. The van der Waals surface area contributed by atoms with Crippen molar-refractivity contribution in [3.05, 3.63) is 23.3 Å². The van der Waals surface area contributed by atoms with Gasteiger partial charge in [0.25, 0.3) is 0 Å². The number of aliphatic imine (C=N–C) groups is 1. The Morgan fingerprint density at radius 3 is 2.67 bits per heavy atom. The van der Waals surface area contributed by atoms with Gasteiger partial charge in [-0.1, -0.05) is 6.92 Å². The van der Waals surface area contributed by atoms with Crippen molar-refractivity contribution in [3.63, 3.8) is 0 Å². The molecule has 2 heterocycles. The van der Waals surface area contributed by atoms with Crippen LogP contribution in [0.15, 0.2) is 17.1 Å². The number of likely N-dealkylation sites (tertiary alicyclic amines) is 1. The van der Waals surface area contributed by atoms with E-state index < -0.39 is 0 Å². The van der Waals surface area contributed by atoms with Crippen molar-refractivity contribution >= 4 is 29.9 Å². The number of halogens is 1. The van der Waals surface area contributed by atoms with E-state index in [1.54, 1.807) is 0 Å². The van der Waals surface area contributed by atoms with Crippen LogP contribution in [0.3, 0.4) is 0 Å². The third kappa shape index (κ3) is 6.90. The van der Waals surface area contributed by atoms with E-state index in [4.69, 9.17) is 9.47 Å². The van der Waals surface area contributed by atoms with E-state index in [2.05, 4.69) is 46.5 Å². The number of hydrogen-bond donors (Lipinski definition) is 2. The average molecular weight is 530 g/mol. The second-order valence-electron chi connectivity index (χ2n) is 8.22. The predicted octanol–water partition coefficient (Wildman–Crippen LogP) is 3.81. The van der Waals surface area contributed by atoms with Crippen LogP contribution >= 0.6 is 24.0 Å². The minimum absolute atomic E-state index is 0. The molecule has 0 saturated carbocycles. The van der Waals surface area contributed by atoms with Gasteiger partial charge in [-0.25, -0.2) is 0 Å². The molecule has 1 atom stereocenters. The van der Waals surface area contributed by atoms with Crippen LogP contribution in [-0.2, 0) is 13.0 Å². The number of nitrogens with one attached hydrogen (secondary N) is 2. The van der Waals surface area contributed by atoms with E-state index >= 15 is 0 Å². The molecule has 0 radical (unpaired) electrons. The van der Waals surface area contributed by atoms with Crippen LogP contribution in [0.4, 0.5) is 0 Å². The number of ether oxygens (including phenoxy) is 2. The molecular formula is C23H39IN4O2. The Hall–Kier alpha value is -1.22. The van der Waals surface area contributed by atoms with Gasteiger partial charge >= 0.3 is 0 Å². The van der Waals surface area contributed by atoms with Gasteiger partial charge in [-0.2, -0.15) is 0 Å². The molecule has 0 aromatic heterocycles. The molecule has 0 spiro atoms. The van der Waals surface area contributed by atoms with Crippen LogP contribution in [0.2, 0.25) is 0 Å². The maximum atomic E-state index is 5.93. The Morgan fingerprint density at radius 1 is 1.23 bits per heavy atom. The van der Waals surface area contributed by atoms with Gasteiger partial charge in [0, 0.05) is 37.7 Å². The average Bonchev–Trinajstić information content (AvgIpc) is 3.08. The van der Waals surface area contributed by atoms with Gasteiger partial charge < -0.3 is 25.0 Å². The molecular weight excluding hydrogens is 491 g/mol. The number of hydrogen-bond acceptors (Lipinski definition) is 4. The summed E-state index contributed by atoms with van der Waals surface area (Å²) in [5, 5.41) is 6.96. The van der Waals surface area contributed by atoms with Crippen molar-refractivity contribution in [2.45, 2.75) is 59.1 Å². The maximum Gasteiger partial charge on any atom is 0.191 e. The van der Waals surface area contributed by atoms with E-state index in [1.165, 1.54) is 44.5 Å². The zero-order valence-corrected chi connectivity index (χ0v) is 21.3. The van der Waals surface area contributed by atoms with Gasteiger partial charge in [-0.15, -0.1) is 24.0 Å². The summed E-state index contributed by atoms with van der Waals surface area (Å²) in [5.74, 6) is 3.49. The lowest BCUT2D eigenvalue weighted by atomic mass is 9.97. The zero-order valence-electron chi connectivity index (χ0n) is 19.0. The molecule has 0 aliphatic carbocycles. The van der Waals surface area contributed by atoms with Gasteiger partial charge in [0.05, 0.1) is 6.61 Å². The molecule has 1 unspecified atom stereocenters. The number of fused-ring (bicyclic) bond motifs is 1. The van der Waals surface area contributed by atoms with Crippen LogP contribution in [0, 0.1) is 5.92 Å². The van der Waals surface area contributed by atoms with Crippen LogP contribution in [0.1, 0.15) is 51.2 Å². The second kappa shape index (κ2) is 12.6. The molecule has 1 aromatic carbocycles. The highest BCUT2D eigenvalue weighted by Crippen LogP contribution is 2.35. The lowest BCUT2D eigenvalue weighted by Gasteiger charge is -2.32. The fourth-order valence-corrected chi connectivity index (χ4v) is 4.28. The summed E-state index contributed by atoms with van der Waals surface area (Å²) in [5.41, 5.74) is 2.34. The van der Waals surface area contributed by atoms with Crippen molar-refractivity contribution in [1.29, 1.82) is 0 Å². The van der Waals surface area contributed by atoms with Crippen LogP contribution in [0.5, 0.6) is 11.5 Å². The van der Waals surface area contributed by atoms with Gasteiger partial charge in [-0.3, -0.25) is 4.99 Å². The van der Waals surface area contributed by atoms with Crippen molar-refractivity contribution in [2.75, 3.05) is 39.8 Å². The Balaban J connectivity index is 0.00000320. The molecule has 1 saturated heterocycles. The van der Waals surface area contributed by atoms with Gasteiger partial charge in [0.15, 0.2) is 5.96 Å². The van der Waals surface area contributed by atoms with Crippen molar-refractivity contribution < 1.29 is 9.47 Å². The van der Waals surface area contributed by atoms with Crippen LogP contribution in [-0.4, -0.2) is 56.8 Å². The summed E-state index contributed by atoms with van der Waals surface area (Å²) in [6.45, 7) is 12.4. The summed E-state index contributed by atoms with van der Waals surface area (Å²) in [4.78, 5) is 6.98. The lowest BCUT2D eigenvalue weighted by molar-refractivity contribution is 0.185. The fourth-order valence-electron chi connectivity index (χ4n) is 4.28. The first kappa shape index (κ1) is 25.0. The largest absolute Gasteiger partial charge is 0.494 e. The number of rotatable bonds is 8. The van der Waals surface area contributed by atoms with E-state index in [-0.39, 0.29) is 30.1 Å². The monoisotopic (exact) mass is 530 g/mol. The topological polar surface area (TPSA) is 58.1 Å². The number of piperidine rings is 1. The van der Waals surface area contributed by atoms with E-state index in [0.29, 0.717) is 13.2 Å². The zero-order chi connectivity index (χ0) is 20.6. The number of nitrogens with zero attached hydrogens (tertiary/aromatic N) is 2. The standard InChI is InChI=1S/C23H38N4O2.HI/c1-5-9-27-10-7-18(8-11-27)15-25-23(24-4)26-16-20-14-22-19(12-17(3)29-22)13-21(20)28-6-2;/h13-14,17-18H,5-12,15-16H2,1-4H3,(H2,24,25,26);1H. The van der Waals surface area contributed by atoms with Gasteiger partial charge in [0.2, 0.25) is 0 Å². The molecule has 2 aliphatic rings. The molecule has 0 bridgehead atoms. The molecule has 30 heavy (non-hydrogen) atoms. The quantitative estimate of drug-likeness (QED) is 0.304. The predicted molar refractivity (Wildman–Crippen MR) is 134 cm³/mol. The Bertz CT molecular complexity index is 690. The van der Waals surface area contributed by atoms with E-state index in [0.717, 1.165) is 41.9 Å². The molecule has 3 rings (SSSR count). The molecule has 170 valence electrons. The summed E-state index contributed by atoms with van der Waals surface area (Å²) in [6.07, 6.45) is 4.96. The first-order valence-electron chi connectivity index (χ1n) is 11.2. The number of guanidine groups is 1. The summed E-state index contributed by atoms with van der Waals surface area (Å²) in [6, 6.07) is 4.26. The van der Waals surface area contributed by atoms with E-state index in [1.807, 2.05) is 14.0 Å². The molecule has 2 aliphatic heterocycles. The molecule has 6 nitrogen and oxygen atoms in total. The Labute approximate surface area is 199 Å².